The molecule has 1 N–H and O–H groups in total. The fraction of sp³-hybridized carbons (Fsp3) is 0.727. The molecule has 5 nitrogen and oxygen atoms in total. The molecule has 122 valence electrons. The normalized spacial score (nSPS) is 16.0. The molecular formula is C11H17F3NO4PS. The van der Waals surface area contributed by atoms with Crippen LogP contribution in [0.2, 0.25) is 0 Å². The summed E-state index contributed by atoms with van der Waals surface area (Å²) in [6.45, 7) is 4.21. The summed E-state index contributed by atoms with van der Waals surface area (Å²) in [6.07, 6.45) is -4.12. The Morgan fingerprint density at radius 2 is 1.86 bits per heavy atom. The fourth-order valence-corrected chi connectivity index (χ4v) is 4.40. The van der Waals surface area contributed by atoms with Crippen molar-refractivity contribution in [3.8, 4) is 0 Å². The molecule has 0 aliphatic heterocycles. The summed E-state index contributed by atoms with van der Waals surface area (Å²) in [6, 6.07) is 0. The van der Waals surface area contributed by atoms with Gasteiger partial charge in [-0.1, -0.05) is 0 Å². The first-order valence-corrected chi connectivity index (χ1v) is 8.72. The van der Waals surface area contributed by atoms with Crippen molar-refractivity contribution in [3.63, 3.8) is 0 Å². The predicted molar refractivity (Wildman–Crippen MR) is 72.3 cm³/mol. The second-order valence-corrected chi connectivity index (χ2v) is 7.46. The molecule has 0 aromatic carbocycles. The van der Waals surface area contributed by atoms with Crippen molar-refractivity contribution in [2.24, 2.45) is 0 Å². The molecule has 1 unspecified atom stereocenters. The van der Waals surface area contributed by atoms with E-state index in [1.165, 1.54) is 0 Å². The quantitative estimate of drug-likeness (QED) is 0.762. The summed E-state index contributed by atoms with van der Waals surface area (Å²) < 4.78 is 60.6. The molecule has 1 atom stereocenters. The Labute approximate surface area is 124 Å². The Kier molecular flexibility index (Phi) is 5.97. The highest BCUT2D eigenvalue weighted by atomic mass is 32.1. The Hall–Kier alpha value is -0.470. The molecule has 0 aliphatic rings. The zero-order valence-electron chi connectivity index (χ0n) is 11.8. The van der Waals surface area contributed by atoms with Crippen LogP contribution < -0.4 is 0 Å². The van der Waals surface area contributed by atoms with Crippen LogP contribution in [0.5, 0.6) is 0 Å². The first kappa shape index (κ1) is 18.6. The zero-order valence-corrected chi connectivity index (χ0v) is 13.5. The lowest BCUT2D eigenvalue weighted by Gasteiger charge is -2.24. The first-order chi connectivity index (χ1) is 9.55. The third kappa shape index (κ3) is 4.50. The lowest BCUT2D eigenvalue weighted by molar-refractivity contribution is -0.257. The molecule has 0 bridgehead atoms. The lowest BCUT2D eigenvalue weighted by Crippen LogP contribution is -2.38. The monoisotopic (exact) mass is 347 g/mol. The predicted octanol–water partition coefficient (Wildman–Crippen LogP) is 3.68. The van der Waals surface area contributed by atoms with Crippen molar-refractivity contribution in [1.29, 1.82) is 0 Å². The van der Waals surface area contributed by atoms with Gasteiger partial charge in [-0.2, -0.15) is 13.2 Å². The van der Waals surface area contributed by atoms with Gasteiger partial charge in [-0.15, -0.1) is 11.3 Å². The molecule has 0 aliphatic carbocycles. The van der Waals surface area contributed by atoms with E-state index in [0.29, 0.717) is 18.3 Å². The van der Waals surface area contributed by atoms with Crippen molar-refractivity contribution in [1.82, 2.24) is 4.98 Å². The van der Waals surface area contributed by atoms with Crippen LogP contribution in [0, 0.1) is 0 Å². The lowest BCUT2D eigenvalue weighted by atomic mass is 10.1. The highest BCUT2D eigenvalue weighted by molar-refractivity contribution is 7.53. The summed E-state index contributed by atoms with van der Waals surface area (Å²) in [5.74, 6) is 0. The van der Waals surface area contributed by atoms with Gasteiger partial charge in [0.1, 0.15) is 11.2 Å². The molecule has 0 amide bonds. The van der Waals surface area contributed by atoms with Crippen LogP contribution in [0.15, 0.2) is 6.20 Å². The van der Waals surface area contributed by atoms with E-state index >= 15 is 0 Å². The number of rotatable bonds is 7. The van der Waals surface area contributed by atoms with E-state index < -0.39 is 19.4 Å². The average Bonchev–Trinajstić information content (AvgIpc) is 2.76. The van der Waals surface area contributed by atoms with Gasteiger partial charge in [0.25, 0.3) is 0 Å². The highest BCUT2D eigenvalue weighted by Crippen LogP contribution is 2.52. The van der Waals surface area contributed by atoms with Crippen LogP contribution >= 0.6 is 18.9 Å². The van der Waals surface area contributed by atoms with Gasteiger partial charge in [0, 0.05) is 6.20 Å². The minimum Gasteiger partial charge on any atom is -0.376 e. The van der Waals surface area contributed by atoms with Gasteiger partial charge in [-0.3, -0.25) is 4.57 Å². The summed E-state index contributed by atoms with van der Waals surface area (Å²) in [7, 11) is -3.44. The number of hydrogen-bond donors (Lipinski definition) is 1. The van der Waals surface area contributed by atoms with Crippen molar-refractivity contribution in [2.75, 3.05) is 13.2 Å². The Bertz CT molecular complexity index is 508. The smallest absolute Gasteiger partial charge is 0.376 e. The third-order valence-corrected chi connectivity index (χ3v) is 5.98. The van der Waals surface area contributed by atoms with Gasteiger partial charge < -0.3 is 14.2 Å². The molecule has 0 spiro atoms. The topological polar surface area (TPSA) is 68.7 Å². The Balaban J connectivity index is 2.96. The maximum absolute atomic E-state index is 12.7. The minimum atomic E-state index is -4.82. The molecule has 21 heavy (non-hydrogen) atoms. The van der Waals surface area contributed by atoms with Crippen molar-refractivity contribution < 1.29 is 31.9 Å². The van der Waals surface area contributed by atoms with Crippen molar-refractivity contribution in [2.45, 2.75) is 38.7 Å². The van der Waals surface area contributed by atoms with Crippen LogP contribution in [0.1, 0.15) is 30.7 Å². The minimum absolute atomic E-state index is 0.149. The van der Waals surface area contributed by atoms with Crippen molar-refractivity contribution >= 4 is 18.9 Å². The Morgan fingerprint density at radius 3 is 2.29 bits per heavy atom. The number of hydrogen-bond acceptors (Lipinski definition) is 6. The number of nitrogens with zero attached hydrogens (tertiary/aromatic N) is 1. The van der Waals surface area contributed by atoms with E-state index in [1.807, 2.05) is 0 Å². The molecule has 1 aromatic rings. The summed E-state index contributed by atoms with van der Waals surface area (Å²) in [5, 5.41) is 9.71. The molecule has 1 rings (SSSR count). The van der Waals surface area contributed by atoms with E-state index in [2.05, 4.69) is 4.98 Å². The van der Waals surface area contributed by atoms with E-state index in [1.54, 1.807) is 13.8 Å². The van der Waals surface area contributed by atoms with Gasteiger partial charge in [0.05, 0.1) is 18.1 Å². The molecular weight excluding hydrogens is 330 g/mol. The standard InChI is InChI=1S/C11H17F3NO4PS/c1-4-18-20(17,19-5-2)7-9-15-6-8(21-9)10(3,16)11(12,13)14/h6,16H,4-5,7H2,1-3H3. The van der Waals surface area contributed by atoms with E-state index in [9.17, 15) is 22.8 Å². The van der Waals surface area contributed by atoms with Crippen LogP contribution in [0.25, 0.3) is 0 Å². The van der Waals surface area contributed by atoms with Gasteiger partial charge in [0.2, 0.25) is 0 Å². The second-order valence-electron chi connectivity index (χ2n) is 4.29. The molecule has 0 fully saturated rings. The third-order valence-electron chi connectivity index (χ3n) is 2.57. The number of aliphatic hydroxyl groups is 1. The Morgan fingerprint density at radius 1 is 1.33 bits per heavy atom. The van der Waals surface area contributed by atoms with Gasteiger partial charge in [-0.25, -0.2) is 4.98 Å². The average molecular weight is 347 g/mol. The number of halogens is 3. The molecule has 0 saturated heterocycles. The van der Waals surface area contributed by atoms with E-state index in [-0.39, 0.29) is 29.3 Å². The largest absolute Gasteiger partial charge is 0.422 e. The molecule has 0 radical (unpaired) electrons. The maximum atomic E-state index is 12.7. The summed E-state index contributed by atoms with van der Waals surface area (Å²) in [4.78, 5) is 3.40. The van der Waals surface area contributed by atoms with Crippen molar-refractivity contribution in [3.05, 3.63) is 16.1 Å². The fourth-order valence-electron chi connectivity index (χ4n) is 1.44. The second kappa shape index (κ2) is 6.75. The molecule has 10 heteroatoms. The van der Waals surface area contributed by atoms with E-state index in [4.69, 9.17) is 9.05 Å². The number of alkyl halides is 3. The number of aromatic nitrogens is 1. The summed E-state index contributed by atoms with van der Waals surface area (Å²) >= 11 is 0.632. The van der Waals surface area contributed by atoms with Crippen LogP contribution in [-0.2, 0) is 25.4 Å². The number of thiazole rings is 1. The molecule has 1 heterocycles. The van der Waals surface area contributed by atoms with Crippen LogP contribution in [0.3, 0.4) is 0 Å². The SMILES string of the molecule is CCOP(=O)(Cc1ncc(C(C)(O)C(F)(F)F)s1)OCC. The van der Waals surface area contributed by atoms with Gasteiger partial charge >= 0.3 is 13.8 Å². The van der Waals surface area contributed by atoms with Crippen LogP contribution in [0.4, 0.5) is 13.2 Å². The maximum Gasteiger partial charge on any atom is 0.422 e. The van der Waals surface area contributed by atoms with E-state index in [0.717, 1.165) is 6.20 Å². The molecule has 1 aromatic heterocycles. The van der Waals surface area contributed by atoms with Gasteiger partial charge in [0.15, 0.2) is 5.60 Å². The highest BCUT2D eigenvalue weighted by Gasteiger charge is 2.52. The first-order valence-electron chi connectivity index (χ1n) is 6.18. The zero-order chi connectivity index (χ0) is 16.3. The molecule has 0 saturated carbocycles. The van der Waals surface area contributed by atoms with Gasteiger partial charge in [-0.05, 0) is 20.8 Å². The van der Waals surface area contributed by atoms with Crippen LogP contribution in [-0.4, -0.2) is 29.5 Å². The summed E-state index contributed by atoms with van der Waals surface area (Å²) in [5.41, 5.74) is -3.00.